The number of hydrogen-bond donors (Lipinski definition) is 0. The van der Waals surface area contributed by atoms with Gasteiger partial charge in [-0.15, -0.1) is 0 Å². The summed E-state index contributed by atoms with van der Waals surface area (Å²) in [4.78, 5) is 15.3. The van der Waals surface area contributed by atoms with Gasteiger partial charge in [0, 0.05) is 16.7 Å². The van der Waals surface area contributed by atoms with Gasteiger partial charge in [0.05, 0.1) is 0 Å². The number of carbonyl (C=O) groups excluding carboxylic acids is 1. The molecular weight excluding hydrogens is 244 g/mol. The first kappa shape index (κ1) is 11.7. The Hall–Kier alpha value is -1.75. The summed E-state index contributed by atoms with van der Waals surface area (Å²) in [6.45, 7) is 0. The maximum absolute atomic E-state index is 13.0. The minimum atomic E-state index is -0.918. The Labute approximate surface area is 101 Å². The van der Waals surface area contributed by atoms with Gasteiger partial charge in [0.1, 0.15) is 5.03 Å². The molecular formula is C12H7F2NOS. The zero-order valence-electron chi connectivity index (χ0n) is 8.56. The molecule has 0 radical (unpaired) electrons. The molecule has 0 aliphatic rings. The van der Waals surface area contributed by atoms with E-state index in [9.17, 15) is 13.6 Å². The number of aromatic nitrogens is 1. The highest BCUT2D eigenvalue weighted by atomic mass is 32.2. The van der Waals surface area contributed by atoms with E-state index >= 15 is 0 Å². The monoisotopic (exact) mass is 251 g/mol. The summed E-state index contributed by atoms with van der Waals surface area (Å²) in [6, 6.07) is 6.80. The smallest absolute Gasteiger partial charge is 0.159 e. The normalized spacial score (nSPS) is 10.2. The molecule has 1 aromatic heterocycles. The van der Waals surface area contributed by atoms with Crippen LogP contribution in [0.1, 0.15) is 10.4 Å². The van der Waals surface area contributed by atoms with E-state index in [0.717, 1.165) is 23.9 Å². The quantitative estimate of drug-likeness (QED) is 0.784. The van der Waals surface area contributed by atoms with Gasteiger partial charge in [0.2, 0.25) is 0 Å². The Morgan fingerprint density at radius 3 is 2.71 bits per heavy atom. The molecule has 0 atom stereocenters. The number of halogens is 2. The van der Waals surface area contributed by atoms with Crippen LogP contribution in [0.15, 0.2) is 46.5 Å². The van der Waals surface area contributed by atoms with Crippen LogP contribution in [0.4, 0.5) is 8.78 Å². The van der Waals surface area contributed by atoms with Gasteiger partial charge in [-0.2, -0.15) is 0 Å². The summed E-state index contributed by atoms with van der Waals surface area (Å²) < 4.78 is 25.7. The van der Waals surface area contributed by atoms with Crippen LogP contribution in [0.25, 0.3) is 0 Å². The molecule has 1 aromatic carbocycles. The standard InChI is InChI=1S/C12H7F2NOS/c13-10-4-3-9(6-11(10)14)17-12-8(7-16)2-1-5-15-12/h1-7H. The number of nitrogens with zero attached hydrogens (tertiary/aromatic N) is 1. The topological polar surface area (TPSA) is 30.0 Å². The summed E-state index contributed by atoms with van der Waals surface area (Å²) >= 11 is 1.11. The van der Waals surface area contributed by atoms with Crippen LogP contribution in [0.3, 0.4) is 0 Å². The van der Waals surface area contributed by atoms with Crippen LogP contribution in [0.2, 0.25) is 0 Å². The Kier molecular flexibility index (Phi) is 3.49. The second-order valence-electron chi connectivity index (χ2n) is 3.19. The molecule has 2 rings (SSSR count). The van der Waals surface area contributed by atoms with Gasteiger partial charge < -0.3 is 0 Å². The predicted molar refractivity (Wildman–Crippen MR) is 60.1 cm³/mol. The average Bonchev–Trinajstić information content (AvgIpc) is 2.34. The van der Waals surface area contributed by atoms with Crippen molar-refractivity contribution in [3.63, 3.8) is 0 Å². The molecule has 0 aliphatic carbocycles. The third-order valence-corrected chi connectivity index (χ3v) is 3.06. The van der Waals surface area contributed by atoms with Crippen LogP contribution in [-0.4, -0.2) is 11.3 Å². The van der Waals surface area contributed by atoms with E-state index in [0.29, 0.717) is 21.8 Å². The van der Waals surface area contributed by atoms with E-state index < -0.39 is 11.6 Å². The van der Waals surface area contributed by atoms with Crippen molar-refractivity contribution in [2.24, 2.45) is 0 Å². The van der Waals surface area contributed by atoms with Crippen molar-refractivity contribution in [1.82, 2.24) is 4.98 Å². The van der Waals surface area contributed by atoms with Gasteiger partial charge in [0.15, 0.2) is 17.9 Å². The molecule has 17 heavy (non-hydrogen) atoms. The van der Waals surface area contributed by atoms with Crippen molar-refractivity contribution in [2.75, 3.05) is 0 Å². The van der Waals surface area contributed by atoms with Gasteiger partial charge in [-0.25, -0.2) is 13.8 Å². The number of carbonyl (C=O) groups is 1. The Morgan fingerprint density at radius 2 is 2.00 bits per heavy atom. The average molecular weight is 251 g/mol. The minimum absolute atomic E-state index is 0.419. The molecule has 1 heterocycles. The van der Waals surface area contributed by atoms with Crippen LogP contribution < -0.4 is 0 Å². The van der Waals surface area contributed by atoms with Gasteiger partial charge in [-0.3, -0.25) is 4.79 Å². The fourth-order valence-corrected chi connectivity index (χ4v) is 2.10. The molecule has 0 bridgehead atoms. The second-order valence-corrected chi connectivity index (χ2v) is 4.26. The lowest BCUT2D eigenvalue weighted by Crippen LogP contribution is -1.89. The van der Waals surface area contributed by atoms with E-state index in [4.69, 9.17) is 0 Å². The van der Waals surface area contributed by atoms with E-state index in [1.54, 1.807) is 12.1 Å². The Morgan fingerprint density at radius 1 is 1.18 bits per heavy atom. The molecule has 0 saturated heterocycles. The van der Waals surface area contributed by atoms with Crippen LogP contribution in [-0.2, 0) is 0 Å². The third-order valence-electron chi connectivity index (χ3n) is 2.03. The number of benzene rings is 1. The van der Waals surface area contributed by atoms with Gasteiger partial charge in [-0.1, -0.05) is 11.8 Å². The molecule has 0 spiro atoms. The molecule has 0 saturated carbocycles. The molecule has 2 nitrogen and oxygen atoms in total. The molecule has 5 heteroatoms. The lowest BCUT2D eigenvalue weighted by molar-refractivity contribution is 0.112. The fourth-order valence-electron chi connectivity index (χ4n) is 1.23. The highest BCUT2D eigenvalue weighted by molar-refractivity contribution is 7.99. The zero-order chi connectivity index (χ0) is 12.3. The van der Waals surface area contributed by atoms with Crippen molar-refractivity contribution < 1.29 is 13.6 Å². The summed E-state index contributed by atoms with van der Waals surface area (Å²) in [5.41, 5.74) is 0.419. The number of aldehydes is 1. The largest absolute Gasteiger partial charge is 0.298 e. The lowest BCUT2D eigenvalue weighted by atomic mass is 10.3. The highest BCUT2D eigenvalue weighted by Crippen LogP contribution is 2.28. The molecule has 0 N–H and O–H groups in total. The Bertz CT molecular complexity index is 560. The first-order chi connectivity index (χ1) is 8.20. The second kappa shape index (κ2) is 5.05. The van der Waals surface area contributed by atoms with Crippen molar-refractivity contribution >= 4 is 18.0 Å². The van der Waals surface area contributed by atoms with Crippen LogP contribution >= 0.6 is 11.8 Å². The number of rotatable bonds is 3. The van der Waals surface area contributed by atoms with Crippen molar-refractivity contribution in [3.05, 3.63) is 53.7 Å². The number of pyridine rings is 1. The fraction of sp³-hybridized carbons (Fsp3) is 0. The van der Waals surface area contributed by atoms with Crippen molar-refractivity contribution in [2.45, 2.75) is 9.92 Å². The number of hydrogen-bond acceptors (Lipinski definition) is 3. The maximum atomic E-state index is 13.0. The van der Waals surface area contributed by atoms with Crippen molar-refractivity contribution in [1.29, 1.82) is 0 Å². The van der Waals surface area contributed by atoms with Crippen molar-refractivity contribution in [3.8, 4) is 0 Å². The maximum Gasteiger partial charge on any atom is 0.159 e. The first-order valence-corrected chi connectivity index (χ1v) is 5.55. The summed E-state index contributed by atoms with van der Waals surface area (Å²) in [6.07, 6.45) is 2.21. The molecule has 0 aliphatic heterocycles. The lowest BCUT2D eigenvalue weighted by Gasteiger charge is -2.03. The summed E-state index contributed by atoms with van der Waals surface area (Å²) in [5, 5.41) is 0.466. The predicted octanol–water partition coefficient (Wildman–Crippen LogP) is 3.32. The Balaban J connectivity index is 2.31. The molecule has 0 amide bonds. The zero-order valence-corrected chi connectivity index (χ0v) is 9.38. The van der Waals surface area contributed by atoms with E-state index in [2.05, 4.69) is 4.98 Å². The molecule has 2 aromatic rings. The van der Waals surface area contributed by atoms with Gasteiger partial charge in [-0.05, 0) is 30.3 Å². The third kappa shape index (κ3) is 2.68. The SMILES string of the molecule is O=Cc1cccnc1Sc1ccc(F)c(F)c1. The van der Waals surface area contributed by atoms with Gasteiger partial charge in [0.25, 0.3) is 0 Å². The summed E-state index contributed by atoms with van der Waals surface area (Å²) in [5.74, 6) is -1.82. The molecule has 86 valence electrons. The minimum Gasteiger partial charge on any atom is -0.298 e. The summed E-state index contributed by atoms with van der Waals surface area (Å²) in [7, 11) is 0. The van der Waals surface area contributed by atoms with Gasteiger partial charge >= 0.3 is 0 Å². The van der Waals surface area contributed by atoms with E-state index in [1.165, 1.54) is 12.3 Å². The molecule has 0 unspecified atom stereocenters. The van der Waals surface area contributed by atoms with E-state index in [-0.39, 0.29) is 0 Å². The van der Waals surface area contributed by atoms with Crippen LogP contribution in [0.5, 0.6) is 0 Å². The van der Waals surface area contributed by atoms with E-state index in [1.807, 2.05) is 0 Å². The highest BCUT2D eigenvalue weighted by Gasteiger charge is 2.07. The van der Waals surface area contributed by atoms with Crippen LogP contribution in [0, 0.1) is 11.6 Å². The first-order valence-electron chi connectivity index (χ1n) is 4.74. The molecule has 0 fully saturated rings.